The lowest BCUT2D eigenvalue weighted by Crippen LogP contribution is -1.84. The van der Waals surface area contributed by atoms with E-state index < -0.39 is 0 Å². The van der Waals surface area contributed by atoms with Crippen LogP contribution in [0.15, 0.2) is 29.0 Å². The summed E-state index contributed by atoms with van der Waals surface area (Å²) < 4.78 is 2.91. The number of halogens is 1. The minimum atomic E-state index is 1.05. The van der Waals surface area contributed by atoms with Gasteiger partial charge < -0.3 is 0 Å². The molecule has 2 aromatic heterocycles. The summed E-state index contributed by atoms with van der Waals surface area (Å²) in [5, 5.41) is 4.17. The molecule has 2 heterocycles. The summed E-state index contributed by atoms with van der Waals surface area (Å²) in [5.74, 6) is 0. The molecule has 3 heteroatoms. The summed E-state index contributed by atoms with van der Waals surface area (Å²) >= 11 is 3.38. The number of aromatic nitrogens is 2. The largest absolute Gasteiger partial charge is 0.240 e. The molecule has 0 amide bonds. The third-order valence-corrected chi connectivity index (χ3v) is 2.14. The standard InChI is InChI=1S/C8H7BrN2.2C2H6/c1-6-4-10-11-5-7(9)2-3-8(6)11;2*1-2/h2-5H,1H3;2*1-2H3. The van der Waals surface area contributed by atoms with Gasteiger partial charge >= 0.3 is 0 Å². The zero-order chi connectivity index (χ0) is 11.8. The first-order valence-corrected chi connectivity index (χ1v) is 6.16. The number of hydrogen-bond acceptors (Lipinski definition) is 1. The highest BCUT2D eigenvalue weighted by Gasteiger charge is 1.97. The van der Waals surface area contributed by atoms with Crippen LogP contribution in [0.4, 0.5) is 0 Å². The molecule has 0 spiro atoms. The van der Waals surface area contributed by atoms with Crippen LogP contribution >= 0.6 is 15.9 Å². The van der Waals surface area contributed by atoms with Crippen molar-refractivity contribution in [3.8, 4) is 0 Å². The maximum Gasteiger partial charge on any atom is 0.0691 e. The summed E-state index contributed by atoms with van der Waals surface area (Å²) in [6.45, 7) is 10.1. The van der Waals surface area contributed by atoms with Gasteiger partial charge in [0.1, 0.15) is 0 Å². The predicted molar refractivity (Wildman–Crippen MR) is 70.3 cm³/mol. The normalized spacial score (nSPS) is 8.67. The van der Waals surface area contributed by atoms with Gasteiger partial charge in [-0.1, -0.05) is 27.7 Å². The van der Waals surface area contributed by atoms with E-state index >= 15 is 0 Å². The molecule has 0 saturated heterocycles. The maximum absolute atomic E-state index is 4.17. The minimum absolute atomic E-state index is 1.05. The first-order valence-electron chi connectivity index (χ1n) is 5.37. The van der Waals surface area contributed by atoms with Crippen molar-refractivity contribution < 1.29 is 0 Å². The Morgan fingerprint density at radius 1 is 1.13 bits per heavy atom. The highest BCUT2D eigenvalue weighted by atomic mass is 79.9. The number of fused-ring (bicyclic) bond motifs is 1. The van der Waals surface area contributed by atoms with Crippen molar-refractivity contribution in [2.45, 2.75) is 34.6 Å². The van der Waals surface area contributed by atoms with Gasteiger partial charge in [0.15, 0.2) is 0 Å². The molecule has 0 aliphatic rings. The zero-order valence-corrected chi connectivity index (χ0v) is 11.7. The molecule has 0 fully saturated rings. The second-order valence-corrected chi connectivity index (χ2v) is 3.42. The average Bonchev–Trinajstić information content (AvgIpc) is 2.65. The van der Waals surface area contributed by atoms with Gasteiger partial charge in [0.2, 0.25) is 0 Å². The van der Waals surface area contributed by atoms with Crippen molar-refractivity contribution in [1.82, 2.24) is 9.61 Å². The Balaban J connectivity index is 0.000000442. The van der Waals surface area contributed by atoms with E-state index in [2.05, 4.69) is 28.0 Å². The molecule has 0 saturated carbocycles. The van der Waals surface area contributed by atoms with Crippen molar-refractivity contribution in [3.05, 3.63) is 34.6 Å². The fourth-order valence-electron chi connectivity index (χ4n) is 1.09. The minimum Gasteiger partial charge on any atom is -0.240 e. The summed E-state index contributed by atoms with van der Waals surface area (Å²) in [6, 6.07) is 4.07. The van der Waals surface area contributed by atoms with Crippen LogP contribution in [0.2, 0.25) is 0 Å². The first kappa shape index (κ1) is 14.2. The average molecular weight is 271 g/mol. The highest BCUT2D eigenvalue weighted by molar-refractivity contribution is 9.10. The molecule has 2 rings (SSSR count). The monoisotopic (exact) mass is 270 g/mol. The maximum atomic E-state index is 4.17. The van der Waals surface area contributed by atoms with Gasteiger partial charge in [-0.05, 0) is 40.5 Å². The van der Waals surface area contributed by atoms with Crippen LogP contribution in [0.1, 0.15) is 33.3 Å². The molecule has 84 valence electrons. The molecule has 0 aromatic carbocycles. The van der Waals surface area contributed by atoms with E-state index in [0.29, 0.717) is 0 Å². The smallest absolute Gasteiger partial charge is 0.0691 e. The number of rotatable bonds is 0. The van der Waals surface area contributed by atoms with Crippen LogP contribution in [0.5, 0.6) is 0 Å². The summed E-state index contributed by atoms with van der Waals surface area (Å²) in [4.78, 5) is 0. The third-order valence-electron chi connectivity index (χ3n) is 1.67. The molecule has 15 heavy (non-hydrogen) atoms. The van der Waals surface area contributed by atoms with Crippen molar-refractivity contribution in [2.75, 3.05) is 0 Å². The molecule has 2 nitrogen and oxygen atoms in total. The van der Waals surface area contributed by atoms with E-state index in [-0.39, 0.29) is 0 Å². The third kappa shape index (κ3) is 3.67. The number of hydrogen-bond donors (Lipinski definition) is 0. The number of pyridine rings is 1. The molecular weight excluding hydrogens is 252 g/mol. The lowest BCUT2D eigenvalue weighted by Gasteiger charge is -1.93. The Labute approximate surface area is 100 Å². The predicted octanol–water partition coefficient (Wildman–Crippen LogP) is 4.46. The fourth-order valence-corrected chi connectivity index (χ4v) is 1.41. The van der Waals surface area contributed by atoms with Gasteiger partial charge in [-0.15, -0.1) is 0 Å². The van der Waals surface area contributed by atoms with Crippen molar-refractivity contribution in [1.29, 1.82) is 0 Å². The summed E-state index contributed by atoms with van der Waals surface area (Å²) in [7, 11) is 0. The topological polar surface area (TPSA) is 17.3 Å². The van der Waals surface area contributed by atoms with Crippen LogP contribution < -0.4 is 0 Å². The SMILES string of the molecule is CC.CC.Cc1cnn2cc(Br)ccc12. The zero-order valence-electron chi connectivity index (χ0n) is 10.1. The van der Waals surface area contributed by atoms with E-state index in [1.165, 1.54) is 5.56 Å². The molecule has 0 radical (unpaired) electrons. The van der Waals surface area contributed by atoms with E-state index in [1.807, 2.05) is 56.7 Å². The Kier molecular flexibility index (Phi) is 7.05. The van der Waals surface area contributed by atoms with Crippen LogP contribution in [-0.4, -0.2) is 9.61 Å². The van der Waals surface area contributed by atoms with E-state index in [0.717, 1.165) is 9.99 Å². The van der Waals surface area contributed by atoms with E-state index in [4.69, 9.17) is 0 Å². The van der Waals surface area contributed by atoms with Gasteiger partial charge in [0, 0.05) is 10.7 Å². The molecule has 2 aromatic rings. The lowest BCUT2D eigenvalue weighted by atomic mass is 10.3. The lowest BCUT2D eigenvalue weighted by molar-refractivity contribution is 0.956. The molecule has 0 atom stereocenters. The van der Waals surface area contributed by atoms with Gasteiger partial charge in [-0.2, -0.15) is 5.10 Å². The van der Waals surface area contributed by atoms with Crippen LogP contribution in [-0.2, 0) is 0 Å². The molecule has 0 N–H and O–H groups in total. The first-order chi connectivity index (χ1) is 7.27. The quantitative estimate of drug-likeness (QED) is 0.691. The van der Waals surface area contributed by atoms with Crippen LogP contribution in [0.3, 0.4) is 0 Å². The second-order valence-electron chi connectivity index (χ2n) is 2.50. The van der Waals surface area contributed by atoms with Gasteiger partial charge in [-0.3, -0.25) is 0 Å². The van der Waals surface area contributed by atoms with Crippen LogP contribution in [0, 0.1) is 6.92 Å². The molecule has 0 aliphatic carbocycles. The number of nitrogens with zero attached hydrogens (tertiary/aromatic N) is 2. The molecule has 0 bridgehead atoms. The molecule has 0 aliphatic heterocycles. The summed E-state index contributed by atoms with van der Waals surface area (Å²) in [6.07, 6.45) is 3.81. The second kappa shape index (κ2) is 7.46. The van der Waals surface area contributed by atoms with Crippen molar-refractivity contribution >= 4 is 21.4 Å². The Bertz CT molecular complexity index is 393. The van der Waals surface area contributed by atoms with Gasteiger partial charge in [0.05, 0.1) is 11.7 Å². The Morgan fingerprint density at radius 2 is 1.73 bits per heavy atom. The van der Waals surface area contributed by atoms with E-state index in [9.17, 15) is 0 Å². The fraction of sp³-hybridized carbons (Fsp3) is 0.417. The van der Waals surface area contributed by atoms with Crippen molar-refractivity contribution in [2.24, 2.45) is 0 Å². The molecular formula is C12H19BrN2. The Morgan fingerprint density at radius 3 is 2.33 bits per heavy atom. The molecule has 0 unspecified atom stereocenters. The van der Waals surface area contributed by atoms with Gasteiger partial charge in [-0.25, -0.2) is 4.52 Å². The summed E-state index contributed by atoms with van der Waals surface area (Å²) in [5.41, 5.74) is 2.37. The van der Waals surface area contributed by atoms with Crippen LogP contribution in [0.25, 0.3) is 5.52 Å². The highest BCUT2D eigenvalue weighted by Crippen LogP contribution is 2.13. The van der Waals surface area contributed by atoms with Crippen molar-refractivity contribution in [3.63, 3.8) is 0 Å². The van der Waals surface area contributed by atoms with Gasteiger partial charge in [0.25, 0.3) is 0 Å². The number of aryl methyl sites for hydroxylation is 1. The Hall–Kier alpha value is -0.830. The van der Waals surface area contributed by atoms with E-state index in [1.54, 1.807) is 0 Å².